The van der Waals surface area contributed by atoms with Crippen LogP contribution in [0.15, 0.2) is 30.5 Å². The molecule has 3 aromatic rings. The number of hydrogen-bond acceptors (Lipinski definition) is 4. The van der Waals surface area contributed by atoms with Crippen molar-refractivity contribution in [2.24, 2.45) is 0 Å². The summed E-state index contributed by atoms with van der Waals surface area (Å²) >= 11 is 1.63. The molecule has 3 heterocycles. The summed E-state index contributed by atoms with van der Waals surface area (Å²) in [5.74, 6) is 0.720. The fourth-order valence-corrected chi connectivity index (χ4v) is 4.03. The van der Waals surface area contributed by atoms with Crippen LogP contribution in [0, 0.1) is 0 Å². The van der Waals surface area contributed by atoms with Crippen LogP contribution in [-0.2, 0) is 19.4 Å². The van der Waals surface area contributed by atoms with Crippen LogP contribution >= 0.6 is 11.3 Å². The Labute approximate surface area is 132 Å². The van der Waals surface area contributed by atoms with Crippen molar-refractivity contribution in [2.75, 3.05) is 0 Å². The summed E-state index contributed by atoms with van der Waals surface area (Å²) < 4.78 is 1.89. The van der Waals surface area contributed by atoms with Gasteiger partial charge in [0.25, 0.3) is 5.91 Å². The normalized spacial score (nSPS) is 14.0. The van der Waals surface area contributed by atoms with Gasteiger partial charge in [-0.1, -0.05) is 6.07 Å². The molecule has 6 heteroatoms. The summed E-state index contributed by atoms with van der Waals surface area (Å²) in [6, 6.07) is 7.79. The van der Waals surface area contributed by atoms with Gasteiger partial charge in [0.2, 0.25) is 0 Å². The summed E-state index contributed by atoms with van der Waals surface area (Å²) in [5.41, 5.74) is 2.15. The monoisotopic (exact) mass is 312 g/mol. The van der Waals surface area contributed by atoms with Crippen LogP contribution in [0.5, 0.6) is 0 Å². The van der Waals surface area contributed by atoms with Crippen molar-refractivity contribution < 1.29 is 4.79 Å². The third-order valence-electron chi connectivity index (χ3n) is 4.01. The van der Waals surface area contributed by atoms with Crippen molar-refractivity contribution in [1.29, 1.82) is 0 Å². The largest absolute Gasteiger partial charge is 0.344 e. The Hall–Kier alpha value is -2.21. The van der Waals surface area contributed by atoms with Crippen LogP contribution in [0.3, 0.4) is 0 Å². The van der Waals surface area contributed by atoms with Crippen molar-refractivity contribution >= 4 is 22.9 Å². The fourth-order valence-electron chi connectivity index (χ4n) is 2.86. The van der Waals surface area contributed by atoms with E-state index in [0.29, 0.717) is 6.54 Å². The lowest BCUT2D eigenvalue weighted by atomic mass is 9.99. The third-order valence-corrected chi connectivity index (χ3v) is 5.25. The lowest BCUT2D eigenvalue weighted by Crippen LogP contribution is -2.23. The smallest absolute Gasteiger partial charge is 0.261 e. The lowest BCUT2D eigenvalue weighted by Gasteiger charge is -2.08. The molecule has 0 saturated heterocycles. The molecule has 0 unspecified atom stereocenters. The van der Waals surface area contributed by atoms with Crippen LogP contribution in [-0.4, -0.2) is 20.5 Å². The first-order valence-corrected chi connectivity index (χ1v) is 8.31. The highest BCUT2D eigenvalue weighted by Gasteiger charge is 2.17. The Morgan fingerprint density at radius 1 is 1.27 bits per heavy atom. The maximum absolute atomic E-state index is 12.3. The molecule has 1 aliphatic rings. The number of amides is 1. The first-order valence-electron chi connectivity index (χ1n) is 7.50. The van der Waals surface area contributed by atoms with Crippen molar-refractivity contribution in [1.82, 2.24) is 19.9 Å². The molecule has 0 spiro atoms. The van der Waals surface area contributed by atoms with E-state index in [1.165, 1.54) is 23.3 Å². The molecule has 1 N–H and O–H groups in total. The van der Waals surface area contributed by atoms with Crippen LogP contribution in [0.4, 0.5) is 0 Å². The quantitative estimate of drug-likeness (QED) is 0.808. The van der Waals surface area contributed by atoms with Gasteiger partial charge >= 0.3 is 0 Å². The fraction of sp³-hybridized carbons (Fsp3) is 0.312. The maximum Gasteiger partial charge on any atom is 0.261 e. The van der Waals surface area contributed by atoms with E-state index in [9.17, 15) is 4.79 Å². The molecule has 0 aromatic carbocycles. The minimum Gasteiger partial charge on any atom is -0.344 e. The van der Waals surface area contributed by atoms with Gasteiger partial charge in [0, 0.05) is 11.1 Å². The number of nitrogens with zero attached hydrogens (tertiary/aromatic N) is 3. The van der Waals surface area contributed by atoms with Gasteiger partial charge in [-0.15, -0.1) is 21.5 Å². The predicted molar refractivity (Wildman–Crippen MR) is 85.1 cm³/mol. The molecular formula is C16H16N4OS. The van der Waals surface area contributed by atoms with E-state index in [1.807, 2.05) is 28.8 Å². The zero-order valence-corrected chi connectivity index (χ0v) is 12.9. The van der Waals surface area contributed by atoms with Gasteiger partial charge in [-0.05, 0) is 49.4 Å². The maximum atomic E-state index is 12.3. The minimum atomic E-state index is -0.0212. The number of fused-ring (bicyclic) bond motifs is 2. The summed E-state index contributed by atoms with van der Waals surface area (Å²) in [6.45, 7) is 0.382. The molecule has 112 valence electrons. The topological polar surface area (TPSA) is 59.3 Å². The molecule has 22 heavy (non-hydrogen) atoms. The number of aryl methyl sites for hydroxylation is 2. The highest BCUT2D eigenvalue weighted by molar-refractivity contribution is 7.14. The Bertz CT molecular complexity index is 812. The number of carbonyl (C=O) groups excluding carboxylic acids is 1. The zero-order chi connectivity index (χ0) is 14.9. The van der Waals surface area contributed by atoms with Crippen molar-refractivity contribution in [3.05, 3.63) is 51.6 Å². The average molecular weight is 312 g/mol. The molecule has 0 bridgehead atoms. The van der Waals surface area contributed by atoms with Gasteiger partial charge in [0.05, 0.1) is 11.4 Å². The number of carbonyl (C=O) groups is 1. The highest BCUT2D eigenvalue weighted by atomic mass is 32.1. The SMILES string of the molecule is O=C(NCc1nnc2ccccn12)c1cc2c(s1)CCCC2. The molecule has 0 aliphatic heterocycles. The number of nitrogens with one attached hydrogen (secondary N) is 1. The molecule has 1 aliphatic carbocycles. The van der Waals surface area contributed by atoms with E-state index in [1.54, 1.807) is 11.3 Å². The first-order chi connectivity index (χ1) is 10.8. The van der Waals surface area contributed by atoms with Gasteiger partial charge in [-0.25, -0.2) is 0 Å². The Balaban J connectivity index is 1.49. The summed E-state index contributed by atoms with van der Waals surface area (Å²) in [5, 5.41) is 11.2. The molecular weight excluding hydrogens is 296 g/mol. The summed E-state index contributed by atoms with van der Waals surface area (Å²) in [6.07, 6.45) is 6.59. The minimum absolute atomic E-state index is 0.0212. The van der Waals surface area contributed by atoms with Crippen molar-refractivity contribution in [3.63, 3.8) is 0 Å². The van der Waals surface area contributed by atoms with Gasteiger partial charge in [0.15, 0.2) is 11.5 Å². The zero-order valence-electron chi connectivity index (χ0n) is 12.1. The van der Waals surface area contributed by atoms with Gasteiger partial charge in [0.1, 0.15) is 0 Å². The molecule has 4 rings (SSSR count). The second-order valence-electron chi connectivity index (χ2n) is 5.49. The van der Waals surface area contributed by atoms with E-state index in [0.717, 1.165) is 29.2 Å². The molecule has 5 nitrogen and oxygen atoms in total. The van der Waals surface area contributed by atoms with Crippen LogP contribution < -0.4 is 5.32 Å². The van der Waals surface area contributed by atoms with E-state index in [-0.39, 0.29) is 5.91 Å². The molecule has 0 atom stereocenters. The average Bonchev–Trinajstić information content (AvgIpc) is 3.16. The Kier molecular flexibility index (Phi) is 3.38. The molecule has 0 fully saturated rings. The second kappa shape index (κ2) is 5.53. The second-order valence-corrected chi connectivity index (χ2v) is 6.63. The molecule has 1 amide bonds. The Morgan fingerprint density at radius 2 is 2.18 bits per heavy atom. The molecule has 3 aromatic heterocycles. The van der Waals surface area contributed by atoms with Crippen LogP contribution in [0.25, 0.3) is 5.65 Å². The number of pyridine rings is 1. The molecule has 0 radical (unpaired) electrons. The molecule has 0 saturated carbocycles. The number of thiophene rings is 1. The Morgan fingerprint density at radius 3 is 3.09 bits per heavy atom. The van der Waals surface area contributed by atoms with E-state index >= 15 is 0 Å². The predicted octanol–water partition coefficient (Wildman–Crippen LogP) is 2.60. The number of rotatable bonds is 3. The summed E-state index contributed by atoms with van der Waals surface area (Å²) in [4.78, 5) is 14.5. The van der Waals surface area contributed by atoms with Gasteiger partial charge in [-0.3, -0.25) is 9.20 Å². The standard InChI is InChI=1S/C16H16N4OS/c21-16(13-9-11-5-1-2-6-12(11)22-13)17-10-15-19-18-14-7-3-4-8-20(14)15/h3-4,7-9H,1-2,5-6,10H2,(H,17,21). The summed E-state index contributed by atoms with van der Waals surface area (Å²) in [7, 11) is 0. The number of hydrogen-bond donors (Lipinski definition) is 1. The highest BCUT2D eigenvalue weighted by Crippen LogP contribution is 2.29. The lowest BCUT2D eigenvalue weighted by molar-refractivity contribution is 0.0954. The van der Waals surface area contributed by atoms with Gasteiger partial charge < -0.3 is 5.32 Å². The van der Waals surface area contributed by atoms with E-state index in [4.69, 9.17) is 0 Å². The van der Waals surface area contributed by atoms with E-state index < -0.39 is 0 Å². The first kappa shape index (κ1) is 13.5. The third kappa shape index (κ3) is 2.39. The van der Waals surface area contributed by atoms with Crippen molar-refractivity contribution in [3.8, 4) is 0 Å². The van der Waals surface area contributed by atoms with E-state index in [2.05, 4.69) is 21.6 Å². The van der Waals surface area contributed by atoms with Crippen LogP contribution in [0.2, 0.25) is 0 Å². The van der Waals surface area contributed by atoms with Crippen LogP contribution in [0.1, 0.15) is 38.8 Å². The number of aromatic nitrogens is 3. The van der Waals surface area contributed by atoms with Crippen molar-refractivity contribution in [2.45, 2.75) is 32.2 Å². The van der Waals surface area contributed by atoms with Gasteiger partial charge in [-0.2, -0.15) is 0 Å².